The molecule has 2 amide bonds. The summed E-state index contributed by atoms with van der Waals surface area (Å²) in [6.45, 7) is 0.614. The number of rotatable bonds is 7. The van der Waals surface area contributed by atoms with Gasteiger partial charge in [0.05, 0.1) is 12.0 Å². The second kappa shape index (κ2) is 9.77. The maximum Gasteiger partial charge on any atom is 0.311 e. The Morgan fingerprint density at radius 1 is 1.06 bits per heavy atom. The van der Waals surface area contributed by atoms with E-state index in [2.05, 4.69) is 11.4 Å². The minimum absolute atomic E-state index is 0.0406. The highest BCUT2D eigenvalue weighted by Gasteiger charge is 2.35. The van der Waals surface area contributed by atoms with Crippen LogP contribution in [0.3, 0.4) is 0 Å². The number of carbonyl (C=O) groups excluding carboxylic acids is 3. The van der Waals surface area contributed by atoms with Gasteiger partial charge in [0.15, 0.2) is 6.61 Å². The first-order valence-electron chi connectivity index (χ1n) is 11.0. The molecule has 0 bridgehead atoms. The van der Waals surface area contributed by atoms with E-state index in [9.17, 15) is 14.4 Å². The summed E-state index contributed by atoms with van der Waals surface area (Å²) in [6.07, 6.45) is 3.81. The van der Waals surface area contributed by atoms with Crippen LogP contribution >= 0.6 is 0 Å². The van der Waals surface area contributed by atoms with Crippen molar-refractivity contribution in [2.45, 2.75) is 38.1 Å². The molecule has 2 aromatic rings. The van der Waals surface area contributed by atoms with Crippen LogP contribution in [0.4, 0.5) is 0 Å². The monoisotopic (exact) mass is 420 g/mol. The summed E-state index contributed by atoms with van der Waals surface area (Å²) in [5.41, 5.74) is 3.56. The van der Waals surface area contributed by atoms with Crippen LogP contribution in [0, 0.1) is 5.92 Å². The molecule has 1 aliphatic heterocycles. The normalized spacial score (nSPS) is 20.3. The zero-order valence-electron chi connectivity index (χ0n) is 17.6. The SMILES string of the molecule is O=C(COC(=O)[C@@H]1CC(=O)N(CCc2ccccc2)C1)N[C@@H]1CCCc2ccccc21. The van der Waals surface area contributed by atoms with Gasteiger partial charge < -0.3 is 15.0 Å². The van der Waals surface area contributed by atoms with Gasteiger partial charge in [-0.3, -0.25) is 14.4 Å². The minimum atomic E-state index is -0.508. The number of amides is 2. The molecule has 1 heterocycles. The van der Waals surface area contributed by atoms with Gasteiger partial charge >= 0.3 is 5.97 Å². The molecule has 0 aromatic heterocycles. The first-order chi connectivity index (χ1) is 15.1. The predicted molar refractivity (Wildman–Crippen MR) is 116 cm³/mol. The summed E-state index contributed by atoms with van der Waals surface area (Å²) in [4.78, 5) is 38.8. The van der Waals surface area contributed by atoms with Gasteiger partial charge in [-0.15, -0.1) is 0 Å². The van der Waals surface area contributed by atoms with Crippen molar-refractivity contribution in [1.29, 1.82) is 0 Å². The Morgan fingerprint density at radius 2 is 1.84 bits per heavy atom. The Balaban J connectivity index is 1.23. The zero-order valence-corrected chi connectivity index (χ0v) is 17.6. The number of nitrogens with zero attached hydrogens (tertiary/aromatic N) is 1. The van der Waals surface area contributed by atoms with E-state index in [1.165, 1.54) is 5.56 Å². The van der Waals surface area contributed by atoms with E-state index >= 15 is 0 Å². The van der Waals surface area contributed by atoms with Crippen LogP contribution in [-0.2, 0) is 32.0 Å². The molecule has 1 fully saturated rings. The topological polar surface area (TPSA) is 75.7 Å². The third kappa shape index (κ3) is 5.32. The lowest BCUT2D eigenvalue weighted by Crippen LogP contribution is -2.35. The third-order valence-electron chi connectivity index (χ3n) is 6.11. The number of benzene rings is 2. The summed E-state index contributed by atoms with van der Waals surface area (Å²) in [7, 11) is 0. The van der Waals surface area contributed by atoms with Crippen LogP contribution in [0.5, 0.6) is 0 Å². The lowest BCUT2D eigenvalue weighted by Gasteiger charge is -2.26. The Bertz CT molecular complexity index is 944. The average molecular weight is 421 g/mol. The molecule has 6 nitrogen and oxygen atoms in total. The minimum Gasteiger partial charge on any atom is -0.455 e. The molecule has 0 radical (unpaired) electrons. The molecule has 1 saturated heterocycles. The van der Waals surface area contributed by atoms with Crippen LogP contribution in [0.2, 0.25) is 0 Å². The highest BCUT2D eigenvalue weighted by molar-refractivity contribution is 5.88. The number of likely N-dealkylation sites (tertiary alicyclic amines) is 1. The second-order valence-corrected chi connectivity index (χ2v) is 8.30. The van der Waals surface area contributed by atoms with Gasteiger partial charge in [0.25, 0.3) is 5.91 Å². The number of hydrogen-bond acceptors (Lipinski definition) is 4. The second-order valence-electron chi connectivity index (χ2n) is 8.30. The number of aryl methyl sites for hydroxylation is 1. The molecule has 4 rings (SSSR count). The highest BCUT2D eigenvalue weighted by atomic mass is 16.5. The van der Waals surface area contributed by atoms with Crippen molar-refractivity contribution < 1.29 is 19.1 Å². The molecule has 162 valence electrons. The van der Waals surface area contributed by atoms with Crippen molar-refractivity contribution in [2.24, 2.45) is 5.92 Å². The molecule has 6 heteroatoms. The Hall–Kier alpha value is -3.15. The van der Waals surface area contributed by atoms with E-state index in [4.69, 9.17) is 4.74 Å². The van der Waals surface area contributed by atoms with Crippen molar-refractivity contribution >= 4 is 17.8 Å². The standard InChI is InChI=1S/C25H28N2O4/c28-23(26-22-12-6-10-19-9-4-5-11-21(19)22)17-31-25(30)20-15-24(29)27(16-20)14-13-18-7-2-1-3-8-18/h1-5,7-9,11,20,22H,6,10,12-17H2,(H,26,28)/t20-,22-/m1/s1. The van der Waals surface area contributed by atoms with Gasteiger partial charge in [-0.1, -0.05) is 54.6 Å². The maximum absolute atomic E-state index is 12.4. The Morgan fingerprint density at radius 3 is 2.68 bits per heavy atom. The molecule has 1 aliphatic carbocycles. The van der Waals surface area contributed by atoms with Gasteiger partial charge in [-0.2, -0.15) is 0 Å². The molecule has 0 spiro atoms. The van der Waals surface area contributed by atoms with Crippen LogP contribution in [0.15, 0.2) is 54.6 Å². The van der Waals surface area contributed by atoms with Crippen LogP contribution in [0.1, 0.15) is 42.0 Å². The molecule has 0 unspecified atom stereocenters. The predicted octanol–water partition coefficient (Wildman–Crippen LogP) is 2.81. The van der Waals surface area contributed by atoms with Crippen molar-refractivity contribution in [3.63, 3.8) is 0 Å². The molecule has 0 saturated carbocycles. The zero-order chi connectivity index (χ0) is 21.6. The number of esters is 1. The first kappa shape index (κ1) is 21.1. The lowest BCUT2D eigenvalue weighted by molar-refractivity contribution is -0.152. The number of ether oxygens (including phenoxy) is 1. The fourth-order valence-electron chi connectivity index (χ4n) is 4.45. The van der Waals surface area contributed by atoms with Gasteiger partial charge in [0.1, 0.15) is 0 Å². The van der Waals surface area contributed by atoms with E-state index < -0.39 is 11.9 Å². The smallest absolute Gasteiger partial charge is 0.311 e. The Kier molecular flexibility index (Phi) is 6.65. The number of carbonyl (C=O) groups is 3. The molecule has 2 atom stereocenters. The van der Waals surface area contributed by atoms with Gasteiger partial charge in [-0.25, -0.2) is 0 Å². The third-order valence-corrected chi connectivity index (χ3v) is 6.11. The van der Waals surface area contributed by atoms with Gasteiger partial charge in [0.2, 0.25) is 5.91 Å². The van der Waals surface area contributed by atoms with Crippen LogP contribution in [-0.4, -0.2) is 42.4 Å². The summed E-state index contributed by atoms with van der Waals surface area (Å²) >= 11 is 0. The van der Waals surface area contributed by atoms with E-state index in [-0.39, 0.29) is 30.9 Å². The van der Waals surface area contributed by atoms with Crippen LogP contribution < -0.4 is 5.32 Å². The Labute approximate surface area is 182 Å². The van der Waals surface area contributed by atoms with Crippen molar-refractivity contribution in [3.8, 4) is 0 Å². The molecule has 1 N–H and O–H groups in total. The average Bonchev–Trinajstić information content (AvgIpc) is 3.17. The van der Waals surface area contributed by atoms with E-state index in [1.807, 2.05) is 48.5 Å². The first-order valence-corrected chi connectivity index (χ1v) is 11.0. The largest absolute Gasteiger partial charge is 0.455 e. The molecule has 31 heavy (non-hydrogen) atoms. The van der Waals surface area contributed by atoms with E-state index in [0.717, 1.165) is 36.8 Å². The summed E-state index contributed by atoms with van der Waals surface area (Å²) in [6, 6.07) is 18.0. The fraction of sp³-hybridized carbons (Fsp3) is 0.400. The number of hydrogen-bond donors (Lipinski definition) is 1. The van der Waals surface area contributed by atoms with Crippen molar-refractivity contribution in [2.75, 3.05) is 19.7 Å². The van der Waals surface area contributed by atoms with Crippen LogP contribution in [0.25, 0.3) is 0 Å². The van der Waals surface area contributed by atoms with Gasteiger partial charge in [0, 0.05) is 19.5 Å². The maximum atomic E-state index is 12.4. The van der Waals surface area contributed by atoms with E-state index in [0.29, 0.717) is 13.1 Å². The fourth-order valence-corrected chi connectivity index (χ4v) is 4.45. The highest BCUT2D eigenvalue weighted by Crippen LogP contribution is 2.29. The molecular formula is C25H28N2O4. The quantitative estimate of drug-likeness (QED) is 0.699. The number of nitrogens with one attached hydrogen (secondary N) is 1. The van der Waals surface area contributed by atoms with Crippen molar-refractivity contribution in [3.05, 3.63) is 71.3 Å². The lowest BCUT2D eigenvalue weighted by atomic mass is 9.88. The molecular weight excluding hydrogens is 392 g/mol. The molecule has 2 aromatic carbocycles. The number of fused-ring (bicyclic) bond motifs is 1. The summed E-state index contributed by atoms with van der Waals surface area (Å²) in [5.74, 6) is -1.33. The summed E-state index contributed by atoms with van der Waals surface area (Å²) < 4.78 is 5.25. The van der Waals surface area contributed by atoms with Gasteiger partial charge in [-0.05, 0) is 42.4 Å². The molecule has 2 aliphatic rings. The summed E-state index contributed by atoms with van der Waals surface area (Å²) in [5, 5.41) is 2.98. The van der Waals surface area contributed by atoms with Crippen molar-refractivity contribution in [1.82, 2.24) is 10.2 Å². The van der Waals surface area contributed by atoms with E-state index in [1.54, 1.807) is 4.90 Å².